The zero-order chi connectivity index (χ0) is 12.8. The van der Waals surface area contributed by atoms with Crippen LogP contribution in [0.25, 0.3) is 0 Å². The third-order valence-corrected chi connectivity index (χ3v) is 3.76. The molecule has 1 N–H and O–H groups in total. The summed E-state index contributed by atoms with van der Waals surface area (Å²) in [5.74, 6) is 1.09. The molecule has 1 aliphatic rings. The Labute approximate surface area is 111 Å². The second-order valence-electron chi connectivity index (χ2n) is 5.01. The van der Waals surface area contributed by atoms with E-state index in [1.165, 1.54) is 31.4 Å². The Morgan fingerprint density at radius 3 is 3.06 bits per heavy atom. The number of rotatable bonds is 5. The van der Waals surface area contributed by atoms with Gasteiger partial charge in [0, 0.05) is 24.3 Å². The van der Waals surface area contributed by atoms with Crippen LogP contribution in [-0.2, 0) is 0 Å². The summed E-state index contributed by atoms with van der Waals surface area (Å²) in [7, 11) is 0. The van der Waals surface area contributed by atoms with Gasteiger partial charge in [0.05, 0.1) is 0 Å². The van der Waals surface area contributed by atoms with Gasteiger partial charge < -0.3 is 5.32 Å². The fourth-order valence-electron chi connectivity index (χ4n) is 2.80. The number of anilines is 1. The maximum absolute atomic E-state index is 4.52. The topological polar surface area (TPSA) is 28.2 Å². The molecule has 1 aromatic rings. The second kappa shape index (κ2) is 6.74. The second-order valence-corrected chi connectivity index (χ2v) is 5.01. The Hall–Kier alpha value is -1.09. The number of pyridine rings is 1. The number of nitrogens with one attached hydrogen (secondary N) is 1. The number of hydrogen-bond donors (Lipinski definition) is 1. The lowest BCUT2D eigenvalue weighted by Gasteiger charge is -2.35. The smallest absolute Gasteiger partial charge is 0.130 e. The summed E-state index contributed by atoms with van der Waals surface area (Å²) in [5.41, 5.74) is 1.38. The average Bonchev–Trinajstić information content (AvgIpc) is 2.45. The summed E-state index contributed by atoms with van der Waals surface area (Å²) in [6, 6.07) is 4.86. The number of nitrogens with zero attached hydrogens (tertiary/aromatic N) is 2. The lowest BCUT2D eigenvalue weighted by atomic mass is 9.95. The molecule has 1 aliphatic heterocycles. The third kappa shape index (κ3) is 3.02. The number of likely N-dealkylation sites (tertiary alicyclic amines) is 1. The Balaban J connectivity index is 2.19. The SMILES string of the molecule is CCCNc1ncccc1C1CCCCN1CC. The lowest BCUT2D eigenvalue weighted by molar-refractivity contribution is 0.157. The van der Waals surface area contributed by atoms with Gasteiger partial charge in [-0.1, -0.05) is 26.3 Å². The van der Waals surface area contributed by atoms with Crippen molar-refractivity contribution < 1.29 is 0 Å². The minimum absolute atomic E-state index is 0.553. The van der Waals surface area contributed by atoms with Crippen LogP contribution in [0.1, 0.15) is 51.1 Å². The fourth-order valence-corrected chi connectivity index (χ4v) is 2.80. The quantitative estimate of drug-likeness (QED) is 0.863. The van der Waals surface area contributed by atoms with Crippen molar-refractivity contribution in [1.29, 1.82) is 0 Å². The van der Waals surface area contributed by atoms with Gasteiger partial charge in [-0.25, -0.2) is 4.98 Å². The van der Waals surface area contributed by atoms with E-state index in [1.807, 2.05) is 6.20 Å². The first-order chi connectivity index (χ1) is 8.86. The molecule has 1 unspecified atom stereocenters. The molecule has 3 heteroatoms. The van der Waals surface area contributed by atoms with E-state index in [4.69, 9.17) is 0 Å². The zero-order valence-electron chi connectivity index (χ0n) is 11.7. The Bertz CT molecular complexity index is 365. The van der Waals surface area contributed by atoms with Gasteiger partial charge in [0.15, 0.2) is 0 Å². The van der Waals surface area contributed by atoms with Gasteiger partial charge in [0.2, 0.25) is 0 Å². The first-order valence-corrected chi connectivity index (χ1v) is 7.29. The molecule has 0 aliphatic carbocycles. The van der Waals surface area contributed by atoms with Crippen molar-refractivity contribution in [2.45, 2.75) is 45.6 Å². The van der Waals surface area contributed by atoms with Crippen molar-refractivity contribution in [3.8, 4) is 0 Å². The van der Waals surface area contributed by atoms with E-state index in [9.17, 15) is 0 Å². The fraction of sp³-hybridized carbons (Fsp3) is 0.667. The van der Waals surface area contributed by atoms with E-state index >= 15 is 0 Å². The molecule has 0 aromatic carbocycles. The molecule has 1 fully saturated rings. The van der Waals surface area contributed by atoms with Crippen LogP contribution >= 0.6 is 0 Å². The molecule has 1 aromatic heterocycles. The van der Waals surface area contributed by atoms with Crippen molar-refractivity contribution >= 4 is 5.82 Å². The molecule has 2 heterocycles. The summed E-state index contributed by atoms with van der Waals surface area (Å²) in [5, 5.41) is 3.47. The van der Waals surface area contributed by atoms with Crippen molar-refractivity contribution in [3.05, 3.63) is 23.9 Å². The van der Waals surface area contributed by atoms with E-state index in [0.717, 1.165) is 25.3 Å². The molecule has 0 spiro atoms. The summed E-state index contributed by atoms with van der Waals surface area (Å²) >= 11 is 0. The van der Waals surface area contributed by atoms with Gasteiger partial charge in [-0.3, -0.25) is 4.90 Å². The van der Waals surface area contributed by atoms with E-state index in [2.05, 4.69) is 41.2 Å². The highest BCUT2D eigenvalue weighted by molar-refractivity contribution is 5.45. The minimum Gasteiger partial charge on any atom is -0.370 e. The largest absolute Gasteiger partial charge is 0.370 e. The predicted molar refractivity (Wildman–Crippen MR) is 76.9 cm³/mol. The molecule has 18 heavy (non-hydrogen) atoms. The standard InChI is InChI=1S/C15H25N3/c1-3-10-16-15-13(8-7-11-17-15)14-9-5-6-12-18(14)4-2/h7-8,11,14H,3-6,9-10,12H2,1-2H3,(H,16,17). The predicted octanol–water partition coefficient (Wildman–Crippen LogP) is 3.45. The van der Waals surface area contributed by atoms with Crippen LogP contribution in [-0.4, -0.2) is 29.5 Å². The highest BCUT2D eigenvalue weighted by Crippen LogP contribution is 2.33. The van der Waals surface area contributed by atoms with Crippen molar-refractivity contribution in [2.24, 2.45) is 0 Å². The molecular weight excluding hydrogens is 222 g/mol. The van der Waals surface area contributed by atoms with Crippen molar-refractivity contribution in [3.63, 3.8) is 0 Å². The minimum atomic E-state index is 0.553. The van der Waals surface area contributed by atoms with Gasteiger partial charge in [0.25, 0.3) is 0 Å². The van der Waals surface area contributed by atoms with E-state index in [1.54, 1.807) is 0 Å². The van der Waals surface area contributed by atoms with Gasteiger partial charge >= 0.3 is 0 Å². The number of piperidine rings is 1. The van der Waals surface area contributed by atoms with Crippen molar-refractivity contribution in [2.75, 3.05) is 25.0 Å². The summed E-state index contributed by atoms with van der Waals surface area (Å²) in [4.78, 5) is 7.10. The Morgan fingerprint density at radius 1 is 1.39 bits per heavy atom. The molecule has 0 radical (unpaired) electrons. The molecule has 0 bridgehead atoms. The summed E-state index contributed by atoms with van der Waals surface area (Å²) < 4.78 is 0. The molecule has 2 rings (SSSR count). The highest BCUT2D eigenvalue weighted by Gasteiger charge is 2.24. The highest BCUT2D eigenvalue weighted by atomic mass is 15.2. The Morgan fingerprint density at radius 2 is 2.28 bits per heavy atom. The maximum Gasteiger partial charge on any atom is 0.130 e. The molecule has 0 saturated carbocycles. The van der Waals surface area contributed by atoms with Gasteiger partial charge in [0.1, 0.15) is 5.82 Å². The van der Waals surface area contributed by atoms with E-state index in [-0.39, 0.29) is 0 Å². The van der Waals surface area contributed by atoms with Crippen LogP contribution in [0.5, 0.6) is 0 Å². The van der Waals surface area contributed by atoms with Gasteiger partial charge in [-0.15, -0.1) is 0 Å². The molecule has 1 atom stereocenters. The van der Waals surface area contributed by atoms with Crippen LogP contribution in [0.4, 0.5) is 5.82 Å². The average molecular weight is 247 g/mol. The first-order valence-electron chi connectivity index (χ1n) is 7.29. The lowest BCUT2D eigenvalue weighted by Crippen LogP contribution is -2.33. The van der Waals surface area contributed by atoms with Crippen LogP contribution in [0.2, 0.25) is 0 Å². The van der Waals surface area contributed by atoms with Crippen molar-refractivity contribution in [1.82, 2.24) is 9.88 Å². The number of aromatic nitrogens is 1. The Kier molecular flexibility index (Phi) is 5.00. The van der Waals surface area contributed by atoms with Gasteiger partial charge in [-0.2, -0.15) is 0 Å². The first kappa shape index (κ1) is 13.3. The van der Waals surface area contributed by atoms with Gasteiger partial charge in [-0.05, 0) is 38.4 Å². The maximum atomic E-state index is 4.52. The number of hydrogen-bond acceptors (Lipinski definition) is 3. The molecule has 3 nitrogen and oxygen atoms in total. The van der Waals surface area contributed by atoms with Crippen LogP contribution in [0.3, 0.4) is 0 Å². The van der Waals surface area contributed by atoms with E-state index < -0.39 is 0 Å². The van der Waals surface area contributed by atoms with E-state index in [0.29, 0.717) is 6.04 Å². The van der Waals surface area contributed by atoms with Crippen LogP contribution in [0.15, 0.2) is 18.3 Å². The monoisotopic (exact) mass is 247 g/mol. The molecular formula is C15H25N3. The van der Waals surface area contributed by atoms with Crippen LogP contribution < -0.4 is 5.32 Å². The normalized spacial score (nSPS) is 20.9. The summed E-state index contributed by atoms with van der Waals surface area (Å²) in [6.45, 7) is 7.81. The third-order valence-electron chi connectivity index (χ3n) is 3.76. The zero-order valence-corrected chi connectivity index (χ0v) is 11.7. The van der Waals surface area contributed by atoms with Crippen LogP contribution in [0, 0.1) is 0 Å². The molecule has 1 saturated heterocycles. The molecule has 100 valence electrons. The molecule has 0 amide bonds. The summed E-state index contributed by atoms with van der Waals surface area (Å²) in [6.07, 6.45) is 6.96.